The average Bonchev–Trinajstić information content (AvgIpc) is 1.81. The van der Waals surface area contributed by atoms with Gasteiger partial charge in [0.1, 0.15) is 86.2 Å². The molecular formula is C102H78N6O17S6. The van der Waals surface area contributed by atoms with Crippen LogP contribution >= 0.6 is 68.0 Å². The molecule has 0 unspecified atom stereocenters. The van der Waals surface area contributed by atoms with Crippen molar-refractivity contribution in [2.45, 2.75) is 0 Å². The third-order valence-corrected chi connectivity index (χ3v) is 22.8. The molecule has 0 aliphatic heterocycles. The van der Waals surface area contributed by atoms with E-state index >= 15 is 0 Å². The van der Waals surface area contributed by atoms with Crippen molar-refractivity contribution in [2.75, 3.05) is 0 Å². The predicted octanol–water partition coefficient (Wildman–Crippen LogP) is 13.3. The van der Waals surface area contributed by atoms with Crippen LogP contribution in [0.15, 0.2) is 326 Å². The standard InChI is InChI=1S/5C17H13NO3S.C17H13NO2S/c1-11-18-17(20)16(22-11)9-12-4-2-6-14(8-12)21-15-7-3-5-13(19)10-15;1-11-18-17(20)16(22-11)10-12-5-4-6-13(9-12)21-15-8-3-2-7-14(15)19;1-11-18-17(20)16(22-11)9-12-5-2-3-8-15(12)21-14-7-4-6-13(19)10-14;1-11-18-17(20)16(22-11)10-12-3-2-4-15(9-12)21-14-7-5-13(19)6-8-14;1-11-18-17(20)16(22-11)10-12-4-2-3-5-15(12)21-14-8-6-13(19)7-9-14;1-12-18-17(19)16(21-12)11-13-6-5-9-15(10-13)20-14-7-3-2-4-8-14/h5*2-10,19H,1H2,(H,18,20);2-11H,1H2,(H,18,19)/b16-9-;16-10-;16-9-;2*16-10-;16-11-. The van der Waals surface area contributed by atoms with Gasteiger partial charge in [0.05, 0.1) is 55.2 Å². The Balaban J connectivity index is 0.000000134. The molecule has 18 aromatic rings. The molecule has 131 heavy (non-hydrogen) atoms. The number of phenolic OH excluding ortho intramolecular Hbond substituents is 5. The molecule has 0 amide bonds. The smallest absolute Gasteiger partial charge is 0.266 e. The summed E-state index contributed by atoms with van der Waals surface area (Å²) in [5.74, 6) is 8.04. The average molecular weight is 1850 g/mol. The Bertz CT molecular complexity index is 8220. The van der Waals surface area contributed by atoms with Crippen molar-refractivity contribution >= 4 is 144 Å². The van der Waals surface area contributed by atoms with Crippen LogP contribution < -0.4 is 117 Å². The van der Waals surface area contributed by atoms with Crippen molar-refractivity contribution in [3.05, 3.63) is 448 Å². The normalized spacial score (nSPS) is 11.5. The summed E-state index contributed by atoms with van der Waals surface area (Å²) in [7, 11) is 0. The Kier molecular flexibility index (Phi) is 31.3. The van der Waals surface area contributed by atoms with Gasteiger partial charge >= 0.3 is 0 Å². The first kappa shape index (κ1) is 92.1. The maximum Gasteiger partial charge on any atom is 0.266 e. The molecule has 6 heterocycles. The first-order valence-electron chi connectivity index (χ1n) is 39.3. The van der Waals surface area contributed by atoms with Crippen molar-refractivity contribution in [1.82, 2.24) is 29.9 Å². The Morgan fingerprint density at radius 2 is 0.450 bits per heavy atom. The Morgan fingerprint density at radius 3 is 0.771 bits per heavy atom. The molecule has 0 aliphatic rings. The maximum absolute atomic E-state index is 11.8. The Hall–Kier alpha value is -16.5. The lowest BCUT2D eigenvalue weighted by atomic mass is 10.2. The van der Waals surface area contributed by atoms with Crippen LogP contribution in [0.1, 0.15) is 33.4 Å². The molecule has 0 saturated heterocycles. The molecule has 0 fully saturated rings. The number of hydrogen-bond acceptors (Lipinski definition) is 23. The lowest BCUT2D eigenvalue weighted by molar-refractivity contribution is 0.411. The van der Waals surface area contributed by atoms with Crippen molar-refractivity contribution in [1.29, 1.82) is 0 Å². The third kappa shape index (κ3) is 28.0. The SMILES string of the molecule is C=c1[nH]c(=O)/c(=C/c2cccc(Oc3ccc(O)cc3)c2)s1.C=c1[nH]c(=O)/c(=C/c2cccc(Oc3cccc(O)c3)c2)s1.C=c1[nH]c(=O)/c(=C/c2cccc(Oc3ccccc3)c2)s1.C=c1[nH]c(=O)/c(=C/c2cccc(Oc3ccccc3O)c2)s1.C=c1[nH]c(=O)/c(=C/c2ccccc2Oc2ccc(O)cc2)s1.C=c1[nH]c(=O)/c(=C/c2ccccc2Oc2cccc(O)c2)s1. The molecule has 0 spiro atoms. The summed E-state index contributed by atoms with van der Waals surface area (Å²) in [5.41, 5.74) is 4.16. The minimum atomic E-state index is -0.165. The third-order valence-electron chi connectivity index (χ3n) is 17.6. The van der Waals surface area contributed by atoms with E-state index in [9.17, 15) is 54.3 Å². The number of para-hydroxylation sites is 5. The van der Waals surface area contributed by atoms with Gasteiger partial charge in [-0.15, -0.1) is 68.0 Å². The van der Waals surface area contributed by atoms with Crippen LogP contribution in [-0.4, -0.2) is 55.4 Å². The quantitative estimate of drug-likeness (QED) is 0.0380. The van der Waals surface area contributed by atoms with E-state index in [0.717, 1.165) is 44.9 Å². The first-order valence-corrected chi connectivity index (χ1v) is 44.2. The molecule has 654 valence electrons. The highest BCUT2D eigenvalue weighted by Crippen LogP contribution is 2.33. The van der Waals surface area contributed by atoms with E-state index in [1.807, 2.05) is 170 Å². The predicted molar refractivity (Wildman–Crippen MR) is 526 cm³/mol. The highest BCUT2D eigenvalue weighted by molar-refractivity contribution is 7.08. The van der Waals surface area contributed by atoms with E-state index in [4.69, 9.17) is 28.4 Å². The van der Waals surface area contributed by atoms with Gasteiger partial charge in [-0.3, -0.25) is 28.8 Å². The summed E-state index contributed by atoms with van der Waals surface area (Å²) in [5, 5.41) is 47.2. The fraction of sp³-hybridized carbons (Fsp3) is 0. The minimum Gasteiger partial charge on any atom is -0.508 e. The van der Waals surface area contributed by atoms with Crippen molar-refractivity contribution in [2.24, 2.45) is 0 Å². The Labute approximate surface area is 767 Å². The van der Waals surface area contributed by atoms with Gasteiger partial charge in [-0.05, 0) is 216 Å². The largest absolute Gasteiger partial charge is 0.508 e. The van der Waals surface area contributed by atoms with Crippen molar-refractivity contribution in [3.8, 4) is 97.7 Å². The van der Waals surface area contributed by atoms with Crippen LogP contribution in [0.25, 0.3) is 75.9 Å². The van der Waals surface area contributed by atoms with Gasteiger partial charge in [0.15, 0.2) is 11.5 Å². The molecule has 0 radical (unpaired) electrons. The van der Waals surface area contributed by atoms with E-state index in [1.165, 1.54) is 80.2 Å². The summed E-state index contributed by atoms with van der Waals surface area (Å²) in [4.78, 5) is 86.2. The number of aromatic hydroxyl groups is 5. The summed E-state index contributed by atoms with van der Waals surface area (Å²) in [6.07, 6.45) is 10.7. The van der Waals surface area contributed by atoms with Gasteiger partial charge in [-0.25, -0.2) is 0 Å². The van der Waals surface area contributed by atoms with Gasteiger partial charge < -0.3 is 83.9 Å². The number of aromatic nitrogens is 6. The molecular weight excluding hydrogens is 1770 g/mol. The zero-order valence-electron chi connectivity index (χ0n) is 69.1. The highest BCUT2D eigenvalue weighted by atomic mass is 32.1. The zero-order chi connectivity index (χ0) is 92.3. The number of H-pyrrole nitrogens is 6. The highest BCUT2D eigenvalue weighted by Gasteiger charge is 2.11. The number of ether oxygens (including phenoxy) is 6. The lowest BCUT2D eigenvalue weighted by Gasteiger charge is -2.08. The number of aromatic amines is 6. The zero-order valence-corrected chi connectivity index (χ0v) is 74.0. The van der Waals surface area contributed by atoms with Crippen molar-refractivity contribution in [3.63, 3.8) is 0 Å². The van der Waals surface area contributed by atoms with Crippen LogP contribution in [0.3, 0.4) is 0 Å². The Morgan fingerprint density at radius 1 is 0.214 bits per heavy atom. The second kappa shape index (κ2) is 44.6. The van der Waals surface area contributed by atoms with Gasteiger partial charge in [0, 0.05) is 23.3 Å². The van der Waals surface area contributed by atoms with Gasteiger partial charge in [-0.1, -0.05) is 167 Å². The van der Waals surface area contributed by atoms with Gasteiger partial charge in [-0.2, -0.15) is 0 Å². The van der Waals surface area contributed by atoms with Crippen LogP contribution in [-0.2, 0) is 0 Å². The van der Waals surface area contributed by atoms with E-state index in [-0.39, 0.29) is 62.1 Å². The second-order valence-electron chi connectivity index (χ2n) is 27.7. The fourth-order valence-corrected chi connectivity index (χ4v) is 16.3. The van der Waals surface area contributed by atoms with Gasteiger partial charge in [0.2, 0.25) is 0 Å². The number of benzene rings is 12. The van der Waals surface area contributed by atoms with Crippen LogP contribution in [0.4, 0.5) is 0 Å². The topological polar surface area (TPSA) is 354 Å². The summed E-state index contributed by atoms with van der Waals surface area (Å²) in [6, 6.07) is 87.0. The second-order valence-corrected chi connectivity index (χ2v) is 34.5. The summed E-state index contributed by atoms with van der Waals surface area (Å²) >= 11 is 7.88. The molecule has 11 N–H and O–H groups in total. The number of nitrogens with one attached hydrogen (secondary N) is 6. The monoisotopic (exact) mass is 1850 g/mol. The molecule has 0 atom stereocenters. The van der Waals surface area contributed by atoms with E-state index in [0.29, 0.717) is 113 Å². The molecule has 6 aromatic heterocycles. The molecule has 0 bridgehead atoms. The number of rotatable bonds is 18. The molecule has 29 heteroatoms. The van der Waals surface area contributed by atoms with Crippen LogP contribution in [0.5, 0.6) is 97.7 Å². The molecule has 0 saturated carbocycles. The molecule has 12 aromatic carbocycles. The first-order chi connectivity index (χ1) is 63.2. The summed E-state index contributed by atoms with van der Waals surface area (Å²) in [6.45, 7) is 22.4. The minimum absolute atomic E-state index is 0.0771. The lowest BCUT2D eigenvalue weighted by Crippen LogP contribution is -2.19. The van der Waals surface area contributed by atoms with E-state index in [2.05, 4.69) is 69.4 Å². The number of phenols is 5. The maximum atomic E-state index is 11.8. The van der Waals surface area contributed by atoms with E-state index < -0.39 is 0 Å². The molecule has 0 aliphatic carbocycles. The van der Waals surface area contributed by atoms with Crippen molar-refractivity contribution < 1.29 is 54.0 Å². The van der Waals surface area contributed by atoms with Crippen LogP contribution in [0, 0.1) is 0 Å². The van der Waals surface area contributed by atoms with Gasteiger partial charge in [0.25, 0.3) is 33.4 Å². The molecule has 23 nitrogen and oxygen atoms in total. The molecule has 18 rings (SSSR count). The number of hydrogen-bond donors (Lipinski definition) is 11. The number of thiazole rings is 6. The summed E-state index contributed by atoms with van der Waals surface area (Å²) < 4.78 is 41.8. The van der Waals surface area contributed by atoms with Crippen LogP contribution in [0.2, 0.25) is 0 Å². The van der Waals surface area contributed by atoms with E-state index in [1.54, 1.807) is 152 Å². The fourth-order valence-electron chi connectivity index (χ4n) is 11.8.